The van der Waals surface area contributed by atoms with E-state index in [0.29, 0.717) is 6.42 Å². The van der Waals surface area contributed by atoms with Gasteiger partial charge in [0.2, 0.25) is 0 Å². The lowest BCUT2D eigenvalue weighted by atomic mass is 10.0. The molecule has 0 aromatic heterocycles. The van der Waals surface area contributed by atoms with Crippen molar-refractivity contribution in [2.24, 2.45) is 0 Å². The second-order valence-electron chi connectivity index (χ2n) is 17.9. The van der Waals surface area contributed by atoms with Crippen molar-refractivity contribution in [3.8, 4) is 0 Å². The minimum absolute atomic E-state index is 0.0553. The summed E-state index contributed by atoms with van der Waals surface area (Å²) in [4.78, 5) is 25.5. The zero-order valence-corrected chi connectivity index (χ0v) is 40.9. The quantitative estimate of drug-likeness (QED) is 0.0301. The summed E-state index contributed by atoms with van der Waals surface area (Å²) in [5, 5.41) is 0. The Morgan fingerprint density at radius 1 is 0.419 bits per heavy atom. The third-order valence-electron chi connectivity index (χ3n) is 12.0. The highest BCUT2D eigenvalue weighted by Crippen LogP contribution is 2.20. The molecule has 0 unspecified atom stereocenters. The van der Waals surface area contributed by atoms with Crippen LogP contribution in [0.5, 0.6) is 0 Å². The van der Waals surface area contributed by atoms with E-state index in [1.807, 2.05) is 0 Å². The largest absolute Gasteiger partial charge is 0.462 e. The Bertz CT molecular complexity index is 1370. The molecule has 1 N–H and O–H groups in total. The first kappa shape index (κ1) is 57.6. The lowest BCUT2D eigenvalue weighted by molar-refractivity contribution is 0.0450. The molecule has 1 aromatic rings. The molecule has 1 rings (SSSR count). The summed E-state index contributed by atoms with van der Waals surface area (Å²) < 4.78 is 44.1. The molecule has 0 aliphatic carbocycles. The van der Waals surface area contributed by atoms with E-state index in [2.05, 4.69) is 38.2 Å². The van der Waals surface area contributed by atoms with Gasteiger partial charge >= 0.3 is 11.9 Å². The Morgan fingerprint density at radius 2 is 0.694 bits per heavy atom. The highest BCUT2D eigenvalue weighted by atomic mass is 32.2. The molecule has 0 spiro atoms. The molecule has 0 atom stereocenters. The van der Waals surface area contributed by atoms with Gasteiger partial charge in [-0.1, -0.05) is 231 Å². The highest BCUT2D eigenvalue weighted by Gasteiger charge is 2.23. The first-order chi connectivity index (χ1) is 30.3. The number of carbonyl (C=O) groups excluding carboxylic acids is 2. The normalized spacial score (nSPS) is 11.9. The molecule has 0 fully saturated rings. The maximum Gasteiger partial charge on any atom is 0.339 e. The Hall–Kier alpha value is -2.45. The lowest BCUT2D eigenvalue weighted by Gasteiger charge is -2.11. The molecule has 62 heavy (non-hydrogen) atoms. The van der Waals surface area contributed by atoms with Crippen molar-refractivity contribution in [1.29, 1.82) is 0 Å². The maximum absolute atomic E-state index is 13.0. The van der Waals surface area contributed by atoms with Crippen molar-refractivity contribution in [2.75, 3.05) is 13.2 Å². The number of esters is 2. The van der Waals surface area contributed by atoms with E-state index in [0.717, 1.165) is 50.7 Å². The Labute approximate surface area is 382 Å². The molecule has 0 bridgehead atoms. The molecular weight excluding hydrogens is 793 g/mol. The molecule has 8 heteroatoms. The Kier molecular flexibility index (Phi) is 39.5. The van der Waals surface area contributed by atoms with E-state index in [1.165, 1.54) is 205 Å². The number of allylic oxidation sites excluding steroid dienone is 4. The fourth-order valence-electron chi connectivity index (χ4n) is 7.96. The first-order valence-corrected chi connectivity index (χ1v) is 27.5. The fraction of sp³-hybridized carbons (Fsp3) is 0.778. The van der Waals surface area contributed by atoms with E-state index >= 15 is 0 Å². The van der Waals surface area contributed by atoms with Gasteiger partial charge in [-0.25, -0.2) is 9.59 Å². The van der Waals surface area contributed by atoms with Crippen molar-refractivity contribution < 1.29 is 32.0 Å². The molecule has 1 aromatic carbocycles. The van der Waals surface area contributed by atoms with Gasteiger partial charge in [-0.05, 0) is 69.6 Å². The summed E-state index contributed by atoms with van der Waals surface area (Å²) in [6.45, 7) is 4.89. The number of ether oxygens (including phenoxy) is 2. The van der Waals surface area contributed by atoms with Crippen molar-refractivity contribution in [2.45, 2.75) is 263 Å². The standard InChI is InChI=1S/C54H94O7S/c1-3-5-7-9-11-13-15-17-19-21-23-25-27-29-31-33-35-37-39-41-43-47-60-53(55)51-46-45-50(62(57,58)59)49-52(51)54(56)61-48-44-42-40-38-36-34-32-30-28-26-24-22-20-18-16-14-12-10-8-6-4-2/h9-12,45-46,49H,3-8,13-44,47-48H2,1-2H3,(H,57,58,59)/b11-9+,12-10+. The number of carbonyl (C=O) groups is 2. The molecule has 0 saturated heterocycles. The van der Waals surface area contributed by atoms with Gasteiger partial charge in [0, 0.05) is 0 Å². The summed E-state index contributed by atoms with van der Waals surface area (Å²) in [5.74, 6) is -1.49. The number of rotatable bonds is 45. The highest BCUT2D eigenvalue weighted by molar-refractivity contribution is 7.85. The third-order valence-corrected chi connectivity index (χ3v) is 12.9. The van der Waals surface area contributed by atoms with Crippen LogP contribution >= 0.6 is 0 Å². The van der Waals surface area contributed by atoms with Crippen LogP contribution in [0.15, 0.2) is 47.4 Å². The van der Waals surface area contributed by atoms with Crippen molar-refractivity contribution >= 4 is 22.1 Å². The summed E-state index contributed by atoms with van der Waals surface area (Å²) in [6.07, 6.45) is 56.7. The van der Waals surface area contributed by atoms with Crippen LogP contribution in [0.1, 0.15) is 279 Å². The van der Waals surface area contributed by atoms with Crippen LogP contribution < -0.4 is 0 Å². The summed E-state index contributed by atoms with van der Waals surface area (Å²) in [6, 6.07) is 3.33. The van der Waals surface area contributed by atoms with Gasteiger partial charge in [-0.3, -0.25) is 4.55 Å². The van der Waals surface area contributed by atoms with Crippen molar-refractivity contribution in [3.05, 3.63) is 53.6 Å². The predicted molar refractivity (Wildman–Crippen MR) is 262 cm³/mol. The van der Waals surface area contributed by atoms with E-state index in [-0.39, 0.29) is 24.3 Å². The van der Waals surface area contributed by atoms with Gasteiger partial charge in [0.05, 0.1) is 29.2 Å². The SMILES string of the molecule is CCCC/C=C/CCCCCCCCCCCCCCCCCOC(=O)c1ccc(S(=O)(=O)O)cc1C(=O)OCCCCCCCCCCCCCCCCC/C=C/CCCC. The van der Waals surface area contributed by atoms with Crippen molar-refractivity contribution in [3.63, 3.8) is 0 Å². The van der Waals surface area contributed by atoms with Gasteiger partial charge in [0.15, 0.2) is 0 Å². The van der Waals surface area contributed by atoms with Gasteiger partial charge in [0.1, 0.15) is 0 Å². The molecular formula is C54H94O7S. The Morgan fingerprint density at radius 3 is 1.00 bits per heavy atom. The van der Waals surface area contributed by atoms with E-state index < -0.39 is 27.0 Å². The maximum atomic E-state index is 13.0. The average Bonchev–Trinajstić information content (AvgIpc) is 3.26. The van der Waals surface area contributed by atoms with Gasteiger partial charge < -0.3 is 9.47 Å². The van der Waals surface area contributed by atoms with Crippen LogP contribution in [-0.4, -0.2) is 38.1 Å². The Balaban J connectivity index is 2.11. The number of unbranched alkanes of at least 4 members (excludes halogenated alkanes) is 34. The third kappa shape index (κ3) is 35.0. The number of hydrogen-bond acceptors (Lipinski definition) is 6. The number of hydrogen-bond donors (Lipinski definition) is 1. The molecule has 0 aliphatic rings. The molecule has 358 valence electrons. The van der Waals surface area contributed by atoms with Crippen LogP contribution in [0.25, 0.3) is 0 Å². The minimum atomic E-state index is -4.57. The van der Waals surface area contributed by atoms with Crippen LogP contribution in [0.4, 0.5) is 0 Å². The van der Waals surface area contributed by atoms with Crippen LogP contribution in [0, 0.1) is 0 Å². The predicted octanol–water partition coefficient (Wildman–Crippen LogP) is 17.2. The molecule has 7 nitrogen and oxygen atoms in total. The molecule has 0 heterocycles. The van der Waals surface area contributed by atoms with Gasteiger partial charge in [-0.15, -0.1) is 0 Å². The molecule has 0 radical (unpaired) electrons. The monoisotopic (exact) mass is 887 g/mol. The second-order valence-corrected chi connectivity index (χ2v) is 19.3. The van der Waals surface area contributed by atoms with Crippen LogP contribution in [0.2, 0.25) is 0 Å². The van der Waals surface area contributed by atoms with E-state index in [1.54, 1.807) is 0 Å². The zero-order chi connectivity index (χ0) is 45.0. The average molecular weight is 887 g/mol. The summed E-state index contributed by atoms with van der Waals surface area (Å²) in [5.41, 5.74) is -0.261. The van der Waals surface area contributed by atoms with Crippen LogP contribution in [-0.2, 0) is 19.6 Å². The first-order valence-electron chi connectivity index (χ1n) is 26.1. The smallest absolute Gasteiger partial charge is 0.339 e. The summed E-state index contributed by atoms with van der Waals surface area (Å²) >= 11 is 0. The lowest BCUT2D eigenvalue weighted by Crippen LogP contribution is -2.16. The summed E-state index contributed by atoms with van der Waals surface area (Å²) in [7, 11) is -4.57. The van der Waals surface area contributed by atoms with Crippen molar-refractivity contribution in [1.82, 2.24) is 0 Å². The van der Waals surface area contributed by atoms with Gasteiger partial charge in [0.25, 0.3) is 10.1 Å². The van der Waals surface area contributed by atoms with E-state index in [4.69, 9.17) is 9.47 Å². The van der Waals surface area contributed by atoms with E-state index in [9.17, 15) is 22.6 Å². The van der Waals surface area contributed by atoms with Crippen LogP contribution in [0.3, 0.4) is 0 Å². The van der Waals surface area contributed by atoms with Gasteiger partial charge in [-0.2, -0.15) is 8.42 Å². The topological polar surface area (TPSA) is 107 Å². The second kappa shape index (κ2) is 42.5. The minimum Gasteiger partial charge on any atom is -0.462 e. The number of benzene rings is 1. The zero-order valence-electron chi connectivity index (χ0n) is 40.1. The molecule has 0 amide bonds. The molecule has 0 aliphatic heterocycles. The fourth-order valence-corrected chi connectivity index (χ4v) is 8.46. The molecule has 0 saturated carbocycles.